The van der Waals surface area contributed by atoms with E-state index in [0.29, 0.717) is 26.2 Å². The van der Waals surface area contributed by atoms with Crippen LogP contribution in [0.15, 0.2) is 24.3 Å². The SMILES string of the molecule is COCCNC(=O)CNCc1ccc(OC)cc1. The zero-order chi connectivity index (χ0) is 13.2. The van der Waals surface area contributed by atoms with E-state index in [1.807, 2.05) is 24.3 Å². The first-order valence-corrected chi connectivity index (χ1v) is 5.85. The molecule has 0 aliphatic carbocycles. The summed E-state index contributed by atoms with van der Waals surface area (Å²) in [7, 11) is 3.24. The second kappa shape index (κ2) is 8.49. The number of rotatable bonds is 8. The third kappa shape index (κ3) is 5.65. The first-order chi connectivity index (χ1) is 8.76. The molecule has 0 saturated carbocycles. The van der Waals surface area contributed by atoms with Gasteiger partial charge in [-0.2, -0.15) is 0 Å². The molecular weight excluding hydrogens is 232 g/mol. The third-order valence-corrected chi connectivity index (χ3v) is 2.40. The Morgan fingerprint density at radius 3 is 2.56 bits per heavy atom. The smallest absolute Gasteiger partial charge is 0.234 e. The van der Waals surface area contributed by atoms with Crippen molar-refractivity contribution in [3.05, 3.63) is 29.8 Å². The third-order valence-electron chi connectivity index (χ3n) is 2.40. The molecule has 0 aliphatic heterocycles. The quantitative estimate of drug-likeness (QED) is 0.663. The largest absolute Gasteiger partial charge is 0.497 e. The number of carbonyl (C=O) groups is 1. The Morgan fingerprint density at radius 1 is 1.22 bits per heavy atom. The summed E-state index contributed by atoms with van der Waals surface area (Å²) < 4.78 is 9.91. The number of carbonyl (C=O) groups excluding carboxylic acids is 1. The molecule has 0 saturated heterocycles. The molecule has 0 bridgehead atoms. The fourth-order valence-corrected chi connectivity index (χ4v) is 1.42. The molecule has 5 heteroatoms. The lowest BCUT2D eigenvalue weighted by atomic mass is 10.2. The molecule has 0 aliphatic rings. The van der Waals surface area contributed by atoms with Crippen molar-refractivity contribution in [2.24, 2.45) is 0 Å². The van der Waals surface area contributed by atoms with E-state index in [1.54, 1.807) is 14.2 Å². The molecule has 0 fully saturated rings. The summed E-state index contributed by atoms with van der Waals surface area (Å²) in [4.78, 5) is 11.4. The standard InChI is InChI=1S/C13H20N2O3/c1-17-8-7-15-13(16)10-14-9-11-3-5-12(18-2)6-4-11/h3-6,14H,7-10H2,1-2H3,(H,15,16). The summed E-state index contributed by atoms with van der Waals surface area (Å²) in [6.07, 6.45) is 0. The lowest BCUT2D eigenvalue weighted by Gasteiger charge is -2.07. The van der Waals surface area contributed by atoms with Crippen molar-refractivity contribution in [3.63, 3.8) is 0 Å². The van der Waals surface area contributed by atoms with Gasteiger partial charge in [-0.15, -0.1) is 0 Å². The van der Waals surface area contributed by atoms with E-state index in [2.05, 4.69) is 10.6 Å². The fraction of sp³-hybridized carbons (Fsp3) is 0.462. The molecule has 0 spiro atoms. The molecule has 1 rings (SSSR count). The Kier molecular flexibility index (Phi) is 6.83. The second-order valence-corrected chi connectivity index (χ2v) is 3.79. The average molecular weight is 252 g/mol. The number of ether oxygens (including phenoxy) is 2. The molecule has 0 atom stereocenters. The maximum Gasteiger partial charge on any atom is 0.234 e. The van der Waals surface area contributed by atoms with Gasteiger partial charge in [0.1, 0.15) is 5.75 Å². The number of hydrogen-bond acceptors (Lipinski definition) is 4. The summed E-state index contributed by atoms with van der Waals surface area (Å²) in [5.74, 6) is 0.802. The average Bonchev–Trinajstić information content (AvgIpc) is 2.40. The molecule has 100 valence electrons. The molecule has 1 amide bonds. The predicted molar refractivity (Wildman–Crippen MR) is 69.6 cm³/mol. The van der Waals surface area contributed by atoms with Crippen molar-refractivity contribution in [1.29, 1.82) is 0 Å². The number of hydrogen-bond donors (Lipinski definition) is 2. The lowest BCUT2D eigenvalue weighted by molar-refractivity contribution is -0.120. The van der Waals surface area contributed by atoms with Gasteiger partial charge >= 0.3 is 0 Å². The Bertz CT molecular complexity index is 352. The Labute approximate surface area is 107 Å². The van der Waals surface area contributed by atoms with Gasteiger partial charge in [-0.05, 0) is 17.7 Å². The summed E-state index contributed by atoms with van der Waals surface area (Å²) in [5, 5.41) is 5.81. The number of nitrogens with one attached hydrogen (secondary N) is 2. The van der Waals surface area contributed by atoms with Crippen molar-refractivity contribution in [3.8, 4) is 5.75 Å². The van der Waals surface area contributed by atoms with Crippen LogP contribution in [0.3, 0.4) is 0 Å². The van der Waals surface area contributed by atoms with E-state index < -0.39 is 0 Å². The monoisotopic (exact) mass is 252 g/mol. The Balaban J connectivity index is 2.18. The second-order valence-electron chi connectivity index (χ2n) is 3.79. The van der Waals surface area contributed by atoms with Gasteiger partial charge < -0.3 is 20.1 Å². The molecule has 0 unspecified atom stereocenters. The van der Waals surface area contributed by atoms with Crippen LogP contribution in [-0.2, 0) is 16.1 Å². The van der Waals surface area contributed by atoms with Crippen LogP contribution in [0, 0.1) is 0 Å². The van der Waals surface area contributed by atoms with E-state index in [-0.39, 0.29) is 5.91 Å². The summed E-state index contributed by atoms with van der Waals surface area (Å²) in [6.45, 7) is 2.03. The minimum Gasteiger partial charge on any atom is -0.497 e. The zero-order valence-electron chi connectivity index (χ0n) is 10.9. The molecule has 18 heavy (non-hydrogen) atoms. The minimum absolute atomic E-state index is 0.0273. The van der Waals surface area contributed by atoms with Crippen LogP contribution in [0.4, 0.5) is 0 Å². The van der Waals surface area contributed by atoms with Gasteiger partial charge in [0.2, 0.25) is 5.91 Å². The lowest BCUT2D eigenvalue weighted by Crippen LogP contribution is -2.35. The van der Waals surface area contributed by atoms with Gasteiger partial charge in [-0.25, -0.2) is 0 Å². The van der Waals surface area contributed by atoms with Crippen molar-refractivity contribution < 1.29 is 14.3 Å². The number of amides is 1. The van der Waals surface area contributed by atoms with Crippen LogP contribution in [0.2, 0.25) is 0 Å². The highest BCUT2D eigenvalue weighted by Gasteiger charge is 2.00. The van der Waals surface area contributed by atoms with E-state index in [1.165, 1.54) is 0 Å². The summed E-state index contributed by atoms with van der Waals surface area (Å²) in [6, 6.07) is 7.73. The minimum atomic E-state index is -0.0273. The topological polar surface area (TPSA) is 59.6 Å². The molecule has 0 heterocycles. The molecule has 1 aromatic carbocycles. The predicted octanol–water partition coefficient (Wildman–Crippen LogP) is 0.547. The highest BCUT2D eigenvalue weighted by atomic mass is 16.5. The highest BCUT2D eigenvalue weighted by Crippen LogP contribution is 2.10. The molecule has 2 N–H and O–H groups in total. The van der Waals surface area contributed by atoms with Crippen LogP contribution in [0.25, 0.3) is 0 Å². The van der Waals surface area contributed by atoms with E-state index >= 15 is 0 Å². The normalized spacial score (nSPS) is 10.1. The zero-order valence-corrected chi connectivity index (χ0v) is 10.9. The summed E-state index contributed by atoms with van der Waals surface area (Å²) >= 11 is 0. The van der Waals surface area contributed by atoms with Crippen LogP contribution >= 0.6 is 0 Å². The van der Waals surface area contributed by atoms with Crippen LogP contribution in [0.5, 0.6) is 5.75 Å². The van der Waals surface area contributed by atoms with Crippen molar-refractivity contribution >= 4 is 5.91 Å². The Hall–Kier alpha value is -1.59. The number of benzene rings is 1. The highest BCUT2D eigenvalue weighted by molar-refractivity contribution is 5.77. The van der Waals surface area contributed by atoms with Crippen LogP contribution in [0.1, 0.15) is 5.56 Å². The van der Waals surface area contributed by atoms with Gasteiger partial charge in [-0.1, -0.05) is 12.1 Å². The molecular formula is C13H20N2O3. The fourth-order valence-electron chi connectivity index (χ4n) is 1.42. The maximum absolute atomic E-state index is 11.4. The van der Waals surface area contributed by atoms with Crippen molar-refractivity contribution in [2.45, 2.75) is 6.54 Å². The van der Waals surface area contributed by atoms with Gasteiger partial charge in [0.15, 0.2) is 0 Å². The van der Waals surface area contributed by atoms with E-state index in [9.17, 15) is 4.79 Å². The first-order valence-electron chi connectivity index (χ1n) is 5.85. The van der Waals surface area contributed by atoms with Crippen molar-refractivity contribution in [2.75, 3.05) is 33.9 Å². The summed E-state index contributed by atoms with van der Waals surface area (Å²) in [5.41, 5.74) is 1.11. The molecule has 5 nitrogen and oxygen atoms in total. The van der Waals surface area contributed by atoms with Crippen molar-refractivity contribution in [1.82, 2.24) is 10.6 Å². The van der Waals surface area contributed by atoms with Crippen LogP contribution in [-0.4, -0.2) is 39.8 Å². The van der Waals surface area contributed by atoms with Gasteiger partial charge in [-0.3, -0.25) is 4.79 Å². The van der Waals surface area contributed by atoms with Gasteiger partial charge in [0, 0.05) is 20.2 Å². The first kappa shape index (κ1) is 14.5. The van der Waals surface area contributed by atoms with E-state index in [4.69, 9.17) is 9.47 Å². The number of methoxy groups -OCH3 is 2. The Morgan fingerprint density at radius 2 is 1.94 bits per heavy atom. The van der Waals surface area contributed by atoms with Gasteiger partial charge in [0.05, 0.1) is 20.3 Å². The van der Waals surface area contributed by atoms with Crippen LogP contribution < -0.4 is 15.4 Å². The molecule has 0 radical (unpaired) electrons. The molecule has 1 aromatic rings. The van der Waals surface area contributed by atoms with E-state index in [0.717, 1.165) is 11.3 Å². The van der Waals surface area contributed by atoms with Gasteiger partial charge in [0.25, 0.3) is 0 Å². The maximum atomic E-state index is 11.4. The molecule has 0 aromatic heterocycles.